The highest BCUT2D eigenvalue weighted by atomic mass is 79.9. The minimum atomic E-state index is -0.254. The van der Waals surface area contributed by atoms with Crippen LogP contribution in [0.3, 0.4) is 0 Å². The molecule has 18 heavy (non-hydrogen) atoms. The lowest BCUT2D eigenvalue weighted by Gasteiger charge is -2.16. The van der Waals surface area contributed by atoms with E-state index in [0.29, 0.717) is 10.2 Å². The van der Waals surface area contributed by atoms with Crippen molar-refractivity contribution in [3.8, 4) is 5.75 Å². The van der Waals surface area contributed by atoms with Gasteiger partial charge < -0.3 is 10.1 Å². The highest BCUT2D eigenvalue weighted by Crippen LogP contribution is 2.27. The summed E-state index contributed by atoms with van der Waals surface area (Å²) >= 11 is 3.31. The Balaban J connectivity index is 1.70. The maximum Gasteiger partial charge on any atom is 0.134 e. The summed E-state index contributed by atoms with van der Waals surface area (Å²) in [7, 11) is 0. The SMILES string of the molecule is CC(CCCNC1CC1)Oc1ccc(F)cc1Br. The molecule has 1 aliphatic carbocycles. The molecular formula is C14H19BrFNO. The summed E-state index contributed by atoms with van der Waals surface area (Å²) in [4.78, 5) is 0. The van der Waals surface area contributed by atoms with Gasteiger partial charge in [-0.3, -0.25) is 0 Å². The first-order valence-electron chi connectivity index (χ1n) is 6.50. The van der Waals surface area contributed by atoms with Crippen molar-refractivity contribution >= 4 is 15.9 Å². The summed E-state index contributed by atoms with van der Waals surface area (Å²) in [6.45, 7) is 3.11. The van der Waals surface area contributed by atoms with Gasteiger partial charge in [-0.15, -0.1) is 0 Å². The molecule has 1 fully saturated rings. The number of nitrogens with one attached hydrogen (secondary N) is 1. The van der Waals surface area contributed by atoms with Crippen LogP contribution in [0.2, 0.25) is 0 Å². The molecule has 2 nitrogen and oxygen atoms in total. The molecule has 0 bridgehead atoms. The van der Waals surface area contributed by atoms with Crippen molar-refractivity contribution in [2.45, 2.75) is 44.8 Å². The molecule has 100 valence electrons. The molecule has 1 aromatic rings. The Morgan fingerprint density at radius 2 is 2.28 bits per heavy atom. The smallest absolute Gasteiger partial charge is 0.134 e. The molecule has 0 heterocycles. The van der Waals surface area contributed by atoms with Crippen molar-refractivity contribution in [1.82, 2.24) is 5.32 Å². The average molecular weight is 316 g/mol. The predicted molar refractivity (Wildman–Crippen MR) is 74.4 cm³/mol. The van der Waals surface area contributed by atoms with E-state index >= 15 is 0 Å². The molecule has 0 radical (unpaired) electrons. The van der Waals surface area contributed by atoms with Crippen molar-refractivity contribution in [2.75, 3.05) is 6.54 Å². The van der Waals surface area contributed by atoms with Crippen molar-refractivity contribution in [1.29, 1.82) is 0 Å². The fourth-order valence-corrected chi connectivity index (χ4v) is 2.27. The molecule has 0 amide bonds. The van der Waals surface area contributed by atoms with Gasteiger partial charge in [-0.1, -0.05) is 0 Å². The van der Waals surface area contributed by atoms with Crippen LogP contribution in [0, 0.1) is 5.82 Å². The Morgan fingerprint density at radius 3 is 2.94 bits per heavy atom. The second-order valence-electron chi connectivity index (χ2n) is 4.87. The van der Waals surface area contributed by atoms with Crippen LogP contribution in [0.25, 0.3) is 0 Å². The number of rotatable bonds is 7. The van der Waals surface area contributed by atoms with Crippen LogP contribution in [0.4, 0.5) is 4.39 Å². The first kappa shape index (κ1) is 13.8. The van der Waals surface area contributed by atoms with Gasteiger partial charge in [0.25, 0.3) is 0 Å². The fraction of sp³-hybridized carbons (Fsp3) is 0.571. The van der Waals surface area contributed by atoms with Gasteiger partial charge in [0.05, 0.1) is 10.6 Å². The third-order valence-corrected chi connectivity index (χ3v) is 3.64. The lowest BCUT2D eigenvalue weighted by atomic mass is 10.2. The number of ether oxygens (including phenoxy) is 1. The van der Waals surface area contributed by atoms with Gasteiger partial charge in [-0.25, -0.2) is 4.39 Å². The number of hydrogen-bond acceptors (Lipinski definition) is 2. The Bertz CT molecular complexity index is 395. The summed E-state index contributed by atoms with van der Waals surface area (Å²) in [6.07, 6.45) is 4.91. The van der Waals surface area contributed by atoms with E-state index in [1.165, 1.54) is 25.0 Å². The van der Waals surface area contributed by atoms with Crippen LogP contribution in [-0.2, 0) is 0 Å². The third-order valence-electron chi connectivity index (χ3n) is 3.02. The van der Waals surface area contributed by atoms with Crippen LogP contribution in [0.15, 0.2) is 22.7 Å². The second-order valence-corrected chi connectivity index (χ2v) is 5.73. The van der Waals surface area contributed by atoms with Gasteiger partial charge in [-0.2, -0.15) is 0 Å². The fourth-order valence-electron chi connectivity index (χ4n) is 1.83. The maximum absolute atomic E-state index is 12.9. The maximum atomic E-state index is 12.9. The number of hydrogen-bond donors (Lipinski definition) is 1. The first-order chi connectivity index (χ1) is 8.65. The van der Waals surface area contributed by atoms with Crippen LogP contribution >= 0.6 is 15.9 Å². The lowest BCUT2D eigenvalue weighted by Crippen LogP contribution is -2.20. The molecule has 2 rings (SSSR count). The normalized spacial score (nSPS) is 16.6. The Hall–Kier alpha value is -0.610. The summed E-state index contributed by atoms with van der Waals surface area (Å²) in [6, 6.07) is 5.28. The monoisotopic (exact) mass is 315 g/mol. The topological polar surface area (TPSA) is 21.3 Å². The van der Waals surface area contributed by atoms with Crippen molar-refractivity contribution < 1.29 is 9.13 Å². The largest absolute Gasteiger partial charge is 0.490 e. The van der Waals surface area contributed by atoms with E-state index in [9.17, 15) is 4.39 Å². The Kier molecular flexibility index (Phi) is 5.01. The molecular weight excluding hydrogens is 297 g/mol. The zero-order valence-corrected chi connectivity index (χ0v) is 12.2. The van der Waals surface area contributed by atoms with E-state index in [0.717, 1.165) is 25.4 Å². The highest BCUT2D eigenvalue weighted by molar-refractivity contribution is 9.10. The minimum absolute atomic E-state index is 0.146. The van der Waals surface area contributed by atoms with Crippen LogP contribution in [0.5, 0.6) is 5.75 Å². The summed E-state index contributed by atoms with van der Waals surface area (Å²) in [5.41, 5.74) is 0. The molecule has 1 atom stereocenters. The van der Waals surface area contributed by atoms with Gasteiger partial charge >= 0.3 is 0 Å². The molecule has 1 aromatic carbocycles. The van der Waals surface area contributed by atoms with Gasteiger partial charge in [0, 0.05) is 6.04 Å². The third kappa shape index (κ3) is 4.58. The van der Waals surface area contributed by atoms with E-state index in [-0.39, 0.29) is 11.9 Å². The molecule has 1 aliphatic rings. The van der Waals surface area contributed by atoms with E-state index in [1.54, 1.807) is 6.07 Å². The number of benzene rings is 1. The molecule has 1 saturated carbocycles. The van der Waals surface area contributed by atoms with Crippen molar-refractivity contribution in [3.63, 3.8) is 0 Å². The van der Waals surface area contributed by atoms with Crippen molar-refractivity contribution in [2.24, 2.45) is 0 Å². The van der Waals surface area contributed by atoms with E-state index in [4.69, 9.17) is 4.74 Å². The van der Waals surface area contributed by atoms with Gasteiger partial charge in [0.15, 0.2) is 0 Å². The summed E-state index contributed by atoms with van der Waals surface area (Å²) in [5, 5.41) is 3.48. The van der Waals surface area contributed by atoms with Crippen LogP contribution < -0.4 is 10.1 Å². The van der Waals surface area contributed by atoms with Gasteiger partial charge in [-0.05, 0) is 73.3 Å². The van der Waals surface area contributed by atoms with E-state index in [1.807, 2.05) is 6.92 Å². The predicted octanol–water partition coefficient (Wildman–Crippen LogP) is 3.89. The molecule has 0 spiro atoms. The van der Waals surface area contributed by atoms with Crippen LogP contribution in [0.1, 0.15) is 32.6 Å². The molecule has 1 N–H and O–H groups in total. The number of halogens is 2. The van der Waals surface area contributed by atoms with E-state index in [2.05, 4.69) is 21.2 Å². The molecule has 1 unspecified atom stereocenters. The standard InChI is InChI=1S/C14H19BrFNO/c1-10(3-2-8-17-12-5-6-12)18-14-7-4-11(16)9-13(14)15/h4,7,9-10,12,17H,2-3,5-6,8H2,1H3. The highest BCUT2D eigenvalue weighted by Gasteiger charge is 2.19. The molecule has 4 heteroatoms. The first-order valence-corrected chi connectivity index (χ1v) is 7.29. The zero-order chi connectivity index (χ0) is 13.0. The van der Waals surface area contributed by atoms with Crippen molar-refractivity contribution in [3.05, 3.63) is 28.5 Å². The lowest BCUT2D eigenvalue weighted by molar-refractivity contribution is 0.206. The van der Waals surface area contributed by atoms with Gasteiger partial charge in [0.1, 0.15) is 11.6 Å². The second kappa shape index (κ2) is 6.53. The molecule has 0 aliphatic heterocycles. The quantitative estimate of drug-likeness (QED) is 0.771. The summed E-state index contributed by atoms with van der Waals surface area (Å²) < 4.78 is 19.4. The average Bonchev–Trinajstić information content (AvgIpc) is 3.12. The van der Waals surface area contributed by atoms with E-state index < -0.39 is 0 Å². The Morgan fingerprint density at radius 1 is 1.50 bits per heavy atom. The molecule has 0 aromatic heterocycles. The van der Waals surface area contributed by atoms with Crippen LogP contribution in [-0.4, -0.2) is 18.7 Å². The van der Waals surface area contributed by atoms with Gasteiger partial charge in [0.2, 0.25) is 0 Å². The molecule has 0 saturated heterocycles. The summed E-state index contributed by atoms with van der Waals surface area (Å²) in [5.74, 6) is 0.453. The zero-order valence-electron chi connectivity index (χ0n) is 10.6. The Labute approximate surface area is 116 Å². The minimum Gasteiger partial charge on any atom is -0.490 e.